The van der Waals surface area contributed by atoms with Crippen LogP contribution in [-0.4, -0.2) is 43.6 Å². The molecule has 0 N–H and O–H groups in total. The Morgan fingerprint density at radius 3 is 1.79 bits per heavy atom. The maximum absolute atomic E-state index is 13.1. The minimum atomic E-state index is -2.66. The number of nitrogens with zero attached hydrogens (tertiary/aromatic N) is 1. The van der Waals surface area contributed by atoms with E-state index in [-0.39, 0.29) is 23.3 Å². The number of rotatable bonds is 5. The molecule has 2 fully saturated rings. The van der Waals surface area contributed by atoms with Crippen molar-refractivity contribution in [2.75, 3.05) is 6.54 Å². The molecule has 0 bridgehead atoms. The van der Waals surface area contributed by atoms with E-state index in [0.717, 1.165) is 19.3 Å². The van der Waals surface area contributed by atoms with Crippen molar-refractivity contribution < 1.29 is 14.0 Å². The quantitative estimate of drug-likeness (QED) is 0.559. The molecule has 2 aromatic rings. The van der Waals surface area contributed by atoms with Gasteiger partial charge in [0.25, 0.3) is 8.32 Å². The molecule has 1 aliphatic carbocycles. The molecule has 1 aliphatic heterocycles. The van der Waals surface area contributed by atoms with Gasteiger partial charge in [0.05, 0.1) is 12.1 Å². The smallest absolute Gasteiger partial charge is 0.410 e. The maximum Gasteiger partial charge on any atom is 0.410 e. The number of carbonyl (C=O) groups is 1. The number of carbonyl (C=O) groups excluding carboxylic acids is 1. The number of hydrogen-bond donors (Lipinski definition) is 0. The number of hydrogen-bond acceptors (Lipinski definition) is 3. The van der Waals surface area contributed by atoms with Crippen LogP contribution in [0.5, 0.6) is 0 Å². The predicted octanol–water partition coefficient (Wildman–Crippen LogP) is 5.35. The largest absolute Gasteiger partial charge is 0.444 e. The van der Waals surface area contributed by atoms with E-state index in [2.05, 4.69) is 81.4 Å². The van der Waals surface area contributed by atoms with Crippen LogP contribution in [0.15, 0.2) is 60.7 Å². The highest BCUT2D eigenvalue weighted by atomic mass is 28.4. The van der Waals surface area contributed by atoms with Crippen molar-refractivity contribution in [3.05, 3.63) is 60.7 Å². The highest BCUT2D eigenvalue weighted by Gasteiger charge is 2.56. The standard InChI is InChI=1S/C28H39NO3Si/c1-27(2,3)31-26(30)29-20-19-24(25(29)21-17-18-21)32-33(28(4,5)6,22-13-9-7-10-14-22)23-15-11-8-12-16-23/h7-16,21,24-25H,17-20H2,1-6H3/t24-,25+/m0/s1. The molecule has 1 saturated carbocycles. The van der Waals surface area contributed by atoms with Crippen molar-refractivity contribution in [3.8, 4) is 0 Å². The summed E-state index contributed by atoms with van der Waals surface area (Å²) < 4.78 is 13.2. The van der Waals surface area contributed by atoms with Crippen LogP contribution >= 0.6 is 0 Å². The Kier molecular flexibility index (Phi) is 6.49. The molecule has 178 valence electrons. The van der Waals surface area contributed by atoms with Crippen LogP contribution in [0, 0.1) is 5.92 Å². The Morgan fingerprint density at radius 2 is 1.36 bits per heavy atom. The molecule has 1 saturated heterocycles. The summed E-state index contributed by atoms with van der Waals surface area (Å²) in [6.07, 6.45) is 2.98. The third-order valence-electron chi connectivity index (χ3n) is 6.87. The fraction of sp³-hybridized carbons (Fsp3) is 0.536. The molecule has 1 heterocycles. The Labute approximate surface area is 200 Å². The van der Waals surface area contributed by atoms with Crippen LogP contribution in [0.3, 0.4) is 0 Å². The van der Waals surface area contributed by atoms with Crippen molar-refractivity contribution in [3.63, 3.8) is 0 Å². The normalized spacial score (nSPS) is 21.8. The van der Waals surface area contributed by atoms with E-state index in [1.165, 1.54) is 10.4 Å². The minimum absolute atomic E-state index is 0.0105. The lowest BCUT2D eigenvalue weighted by atomic mass is 10.1. The number of benzene rings is 2. The predicted molar refractivity (Wildman–Crippen MR) is 137 cm³/mol. The highest BCUT2D eigenvalue weighted by Crippen LogP contribution is 2.45. The summed E-state index contributed by atoms with van der Waals surface area (Å²) in [7, 11) is -2.66. The van der Waals surface area contributed by atoms with Crippen molar-refractivity contribution in [2.45, 2.75) is 83.6 Å². The molecule has 1 amide bonds. The van der Waals surface area contributed by atoms with Crippen LogP contribution in [0.1, 0.15) is 60.8 Å². The minimum Gasteiger partial charge on any atom is -0.444 e. The highest BCUT2D eigenvalue weighted by molar-refractivity contribution is 6.99. The van der Waals surface area contributed by atoms with Gasteiger partial charge in [-0.3, -0.25) is 0 Å². The molecule has 4 rings (SSSR count). The van der Waals surface area contributed by atoms with Crippen LogP contribution in [-0.2, 0) is 9.16 Å². The Morgan fingerprint density at radius 1 is 0.848 bits per heavy atom. The van der Waals surface area contributed by atoms with Gasteiger partial charge >= 0.3 is 6.09 Å². The fourth-order valence-corrected chi connectivity index (χ4v) is 10.1. The number of likely N-dealkylation sites (tertiary alicyclic amines) is 1. The van der Waals surface area contributed by atoms with Gasteiger partial charge in [-0.25, -0.2) is 4.79 Å². The van der Waals surface area contributed by atoms with Crippen molar-refractivity contribution >= 4 is 24.8 Å². The first kappa shape index (κ1) is 24.0. The maximum atomic E-state index is 13.1. The number of amides is 1. The summed E-state index contributed by atoms with van der Waals surface area (Å²) >= 11 is 0. The first-order chi connectivity index (χ1) is 15.5. The van der Waals surface area contributed by atoms with E-state index < -0.39 is 13.9 Å². The van der Waals surface area contributed by atoms with E-state index in [0.29, 0.717) is 12.5 Å². The van der Waals surface area contributed by atoms with Gasteiger partial charge in [-0.05, 0) is 61.4 Å². The molecule has 0 unspecified atom stereocenters. The van der Waals surface area contributed by atoms with Crippen LogP contribution < -0.4 is 10.4 Å². The second kappa shape index (κ2) is 8.92. The zero-order valence-corrected chi connectivity index (χ0v) is 22.0. The van der Waals surface area contributed by atoms with E-state index in [9.17, 15) is 4.79 Å². The second-order valence-corrected chi connectivity index (χ2v) is 15.9. The van der Waals surface area contributed by atoms with Crippen molar-refractivity contribution in [1.29, 1.82) is 0 Å². The monoisotopic (exact) mass is 465 g/mol. The van der Waals surface area contributed by atoms with Gasteiger partial charge in [0.2, 0.25) is 0 Å². The van der Waals surface area contributed by atoms with Gasteiger partial charge in [-0.15, -0.1) is 0 Å². The van der Waals surface area contributed by atoms with Crippen LogP contribution in [0.2, 0.25) is 5.04 Å². The second-order valence-electron chi connectivity index (χ2n) is 11.6. The lowest BCUT2D eigenvalue weighted by Gasteiger charge is -2.46. The Balaban J connectivity index is 1.74. The zero-order chi connectivity index (χ0) is 23.9. The van der Waals surface area contributed by atoms with Gasteiger partial charge < -0.3 is 14.1 Å². The summed E-state index contributed by atoms with van der Waals surface area (Å²) in [5, 5.41) is 2.49. The molecule has 2 aromatic carbocycles. The SMILES string of the molecule is CC(C)(C)OC(=O)N1CC[C@H](O[Si](c2ccccc2)(c2ccccc2)C(C)(C)C)[C@H]1C1CC1. The van der Waals surface area contributed by atoms with Gasteiger partial charge in [0.15, 0.2) is 0 Å². The summed E-state index contributed by atoms with van der Waals surface area (Å²) in [5.74, 6) is 0.503. The van der Waals surface area contributed by atoms with E-state index in [1.54, 1.807) is 0 Å². The topological polar surface area (TPSA) is 38.8 Å². The van der Waals surface area contributed by atoms with Gasteiger partial charge in [-0.1, -0.05) is 81.4 Å². The lowest BCUT2D eigenvalue weighted by Crippen LogP contribution is -2.68. The zero-order valence-electron chi connectivity index (χ0n) is 21.0. The first-order valence-electron chi connectivity index (χ1n) is 12.3. The molecule has 2 atom stereocenters. The van der Waals surface area contributed by atoms with Gasteiger partial charge in [0.1, 0.15) is 5.60 Å². The van der Waals surface area contributed by atoms with Crippen LogP contribution in [0.25, 0.3) is 0 Å². The molecular weight excluding hydrogens is 426 g/mol. The van der Waals surface area contributed by atoms with Gasteiger partial charge in [0, 0.05) is 6.54 Å². The van der Waals surface area contributed by atoms with E-state index in [4.69, 9.17) is 9.16 Å². The molecule has 0 spiro atoms. The lowest BCUT2D eigenvalue weighted by molar-refractivity contribution is 0.0139. The van der Waals surface area contributed by atoms with E-state index in [1.807, 2.05) is 25.7 Å². The molecule has 2 aliphatic rings. The average Bonchev–Trinajstić information content (AvgIpc) is 3.50. The molecular formula is C28H39NO3Si. The fourth-order valence-electron chi connectivity index (χ4n) is 5.36. The number of ether oxygens (including phenoxy) is 1. The third-order valence-corrected chi connectivity index (χ3v) is 11.9. The van der Waals surface area contributed by atoms with Crippen molar-refractivity contribution in [1.82, 2.24) is 4.90 Å². The van der Waals surface area contributed by atoms with Crippen molar-refractivity contribution in [2.24, 2.45) is 5.92 Å². The van der Waals surface area contributed by atoms with E-state index >= 15 is 0 Å². The Bertz CT molecular complexity index is 905. The summed E-state index contributed by atoms with van der Waals surface area (Å²) in [6, 6.07) is 21.6. The molecule has 0 aromatic heterocycles. The third kappa shape index (κ3) is 4.90. The molecule has 33 heavy (non-hydrogen) atoms. The Hall–Kier alpha value is -2.11. The summed E-state index contributed by atoms with van der Waals surface area (Å²) in [5.41, 5.74) is -0.498. The first-order valence-corrected chi connectivity index (χ1v) is 14.2. The summed E-state index contributed by atoms with van der Waals surface area (Å²) in [6.45, 7) is 13.4. The molecule has 5 heteroatoms. The van der Waals surface area contributed by atoms with Gasteiger partial charge in [-0.2, -0.15) is 0 Å². The summed E-state index contributed by atoms with van der Waals surface area (Å²) in [4.78, 5) is 15.1. The van der Waals surface area contributed by atoms with Crippen LogP contribution in [0.4, 0.5) is 4.79 Å². The molecule has 4 nitrogen and oxygen atoms in total. The molecule has 0 radical (unpaired) electrons. The average molecular weight is 466 g/mol.